The summed E-state index contributed by atoms with van der Waals surface area (Å²) in [6, 6.07) is 57.8. The van der Waals surface area contributed by atoms with Crippen molar-refractivity contribution >= 4 is 54.5 Å². The SMILES string of the molecule is CC1(C)c2ccccc2-c2c1c1ccc3c4cc(-c5ccc6c(c5)c5ccccc5n6-c5ccccc5)ccc4[nH]c3c1n2-c1ccccc1. The van der Waals surface area contributed by atoms with E-state index in [4.69, 9.17) is 0 Å². The fourth-order valence-electron chi connectivity index (χ4n) is 9.02. The van der Waals surface area contributed by atoms with Crippen LogP contribution in [-0.4, -0.2) is 14.1 Å². The van der Waals surface area contributed by atoms with E-state index in [1.165, 1.54) is 93.9 Å². The maximum absolute atomic E-state index is 3.90. The van der Waals surface area contributed by atoms with Gasteiger partial charge in [0.15, 0.2) is 0 Å². The lowest BCUT2D eigenvalue weighted by Crippen LogP contribution is -2.14. The molecule has 0 saturated carbocycles. The van der Waals surface area contributed by atoms with Crippen LogP contribution >= 0.6 is 0 Å². The average Bonchev–Trinajstić information content (AvgIpc) is 3.88. The van der Waals surface area contributed by atoms with Crippen molar-refractivity contribution in [1.82, 2.24) is 14.1 Å². The van der Waals surface area contributed by atoms with Gasteiger partial charge in [-0.15, -0.1) is 0 Å². The van der Waals surface area contributed by atoms with Crippen LogP contribution in [0.15, 0.2) is 158 Å². The summed E-state index contributed by atoms with van der Waals surface area (Å²) in [6.45, 7) is 4.75. The summed E-state index contributed by atoms with van der Waals surface area (Å²) in [7, 11) is 0. The summed E-state index contributed by atoms with van der Waals surface area (Å²) in [5.41, 5.74) is 16.1. The van der Waals surface area contributed by atoms with Gasteiger partial charge in [0.2, 0.25) is 0 Å². The predicted molar refractivity (Wildman–Crippen MR) is 210 cm³/mol. The van der Waals surface area contributed by atoms with Crippen molar-refractivity contribution in [3.05, 3.63) is 169 Å². The maximum Gasteiger partial charge on any atom is 0.0780 e. The van der Waals surface area contributed by atoms with Crippen molar-refractivity contribution in [2.24, 2.45) is 0 Å². The number of aromatic nitrogens is 3. The van der Waals surface area contributed by atoms with Gasteiger partial charge in [0.05, 0.1) is 27.8 Å². The molecule has 0 fully saturated rings. The summed E-state index contributed by atoms with van der Waals surface area (Å²) in [5, 5.41) is 6.33. The zero-order valence-corrected chi connectivity index (χ0v) is 27.9. The first kappa shape index (κ1) is 27.6. The Bertz CT molecular complexity index is 2990. The number of hydrogen-bond donors (Lipinski definition) is 1. The summed E-state index contributed by atoms with van der Waals surface area (Å²) in [4.78, 5) is 3.90. The second-order valence-corrected chi connectivity index (χ2v) is 14.3. The van der Waals surface area contributed by atoms with Gasteiger partial charge in [-0.25, -0.2) is 0 Å². The Balaban J connectivity index is 1.15. The molecular formula is C47H33N3. The van der Waals surface area contributed by atoms with Crippen LogP contribution in [0.3, 0.4) is 0 Å². The zero-order valence-electron chi connectivity index (χ0n) is 27.9. The van der Waals surface area contributed by atoms with Crippen LogP contribution < -0.4 is 0 Å². The molecule has 236 valence electrons. The second kappa shape index (κ2) is 9.87. The Kier molecular flexibility index (Phi) is 5.45. The van der Waals surface area contributed by atoms with Gasteiger partial charge in [0, 0.05) is 54.8 Å². The number of nitrogens with one attached hydrogen (secondary N) is 1. The molecule has 1 aliphatic rings. The van der Waals surface area contributed by atoms with E-state index >= 15 is 0 Å². The Morgan fingerprint density at radius 3 is 1.90 bits per heavy atom. The smallest absolute Gasteiger partial charge is 0.0780 e. The molecule has 3 nitrogen and oxygen atoms in total. The van der Waals surface area contributed by atoms with Crippen molar-refractivity contribution < 1.29 is 0 Å². The maximum atomic E-state index is 3.90. The van der Waals surface area contributed by atoms with Gasteiger partial charge in [-0.1, -0.05) is 117 Å². The van der Waals surface area contributed by atoms with Crippen molar-refractivity contribution in [1.29, 1.82) is 0 Å². The van der Waals surface area contributed by atoms with Gasteiger partial charge < -0.3 is 14.1 Å². The number of aromatic amines is 1. The molecule has 0 saturated heterocycles. The lowest BCUT2D eigenvalue weighted by atomic mass is 9.81. The number of rotatable bonds is 3. The molecule has 3 heterocycles. The largest absolute Gasteiger partial charge is 0.353 e. The quantitative estimate of drug-likeness (QED) is 0.199. The molecule has 3 heteroatoms. The van der Waals surface area contributed by atoms with E-state index < -0.39 is 0 Å². The van der Waals surface area contributed by atoms with E-state index in [0.717, 1.165) is 5.52 Å². The molecule has 0 bridgehead atoms. The summed E-state index contributed by atoms with van der Waals surface area (Å²) < 4.78 is 4.88. The number of benzene rings is 7. The van der Waals surface area contributed by atoms with Crippen LogP contribution in [0, 0.1) is 0 Å². The molecule has 0 aliphatic heterocycles. The number of fused-ring (bicyclic) bond motifs is 12. The molecule has 10 aromatic rings. The van der Waals surface area contributed by atoms with Crippen LogP contribution in [0.5, 0.6) is 0 Å². The second-order valence-electron chi connectivity index (χ2n) is 14.3. The van der Waals surface area contributed by atoms with Gasteiger partial charge in [-0.2, -0.15) is 0 Å². The van der Waals surface area contributed by atoms with Crippen LogP contribution in [0.25, 0.3) is 88.3 Å². The normalized spacial score (nSPS) is 13.6. The number of para-hydroxylation sites is 3. The fourth-order valence-corrected chi connectivity index (χ4v) is 9.02. The molecule has 7 aromatic carbocycles. The molecule has 50 heavy (non-hydrogen) atoms. The fraction of sp³-hybridized carbons (Fsp3) is 0.0638. The Labute approximate surface area is 289 Å². The van der Waals surface area contributed by atoms with Gasteiger partial charge in [0.25, 0.3) is 0 Å². The van der Waals surface area contributed by atoms with Crippen molar-refractivity contribution in [3.8, 4) is 33.8 Å². The minimum atomic E-state index is -0.112. The molecule has 3 aromatic heterocycles. The van der Waals surface area contributed by atoms with E-state index in [1.807, 2.05) is 0 Å². The molecule has 0 atom stereocenters. The van der Waals surface area contributed by atoms with Crippen LogP contribution in [-0.2, 0) is 5.41 Å². The molecule has 0 amide bonds. The Hall–Kier alpha value is -6.32. The summed E-state index contributed by atoms with van der Waals surface area (Å²) in [5.74, 6) is 0. The standard InChI is InChI=1S/C47H33N3/c1-47(2)39-19-11-9-18-35(39)45-43(47)36-24-23-34-37-27-29(21-25-40(37)48-44(34)46(36)50(45)32-15-7-4-8-16-32)30-22-26-42-38(28-30)33-17-10-12-20-41(33)49(42)31-13-5-3-6-14-31/h3-28,48H,1-2H3. The van der Waals surface area contributed by atoms with Gasteiger partial charge in [-0.3, -0.25) is 0 Å². The average molecular weight is 640 g/mol. The van der Waals surface area contributed by atoms with Gasteiger partial charge >= 0.3 is 0 Å². The highest BCUT2D eigenvalue weighted by Gasteiger charge is 2.41. The molecule has 0 radical (unpaired) electrons. The van der Waals surface area contributed by atoms with Crippen LogP contribution in [0.2, 0.25) is 0 Å². The van der Waals surface area contributed by atoms with E-state index in [2.05, 4.69) is 186 Å². The highest BCUT2D eigenvalue weighted by molar-refractivity contribution is 6.19. The number of H-pyrrole nitrogens is 1. The first-order chi connectivity index (χ1) is 24.6. The lowest BCUT2D eigenvalue weighted by molar-refractivity contribution is 0.666. The number of hydrogen-bond acceptors (Lipinski definition) is 0. The molecule has 1 aliphatic carbocycles. The third-order valence-corrected chi connectivity index (χ3v) is 11.2. The Morgan fingerprint density at radius 2 is 1.10 bits per heavy atom. The molecular weight excluding hydrogens is 607 g/mol. The van der Waals surface area contributed by atoms with Crippen molar-refractivity contribution in [2.75, 3.05) is 0 Å². The van der Waals surface area contributed by atoms with Crippen molar-refractivity contribution in [3.63, 3.8) is 0 Å². The van der Waals surface area contributed by atoms with E-state index in [1.54, 1.807) is 0 Å². The number of nitrogens with zero attached hydrogens (tertiary/aromatic N) is 2. The monoisotopic (exact) mass is 639 g/mol. The van der Waals surface area contributed by atoms with E-state index in [0.29, 0.717) is 0 Å². The third-order valence-electron chi connectivity index (χ3n) is 11.2. The van der Waals surface area contributed by atoms with Gasteiger partial charge in [-0.05, 0) is 76.9 Å². The highest BCUT2D eigenvalue weighted by Crippen LogP contribution is 2.54. The van der Waals surface area contributed by atoms with E-state index in [9.17, 15) is 0 Å². The highest BCUT2D eigenvalue weighted by atomic mass is 15.0. The summed E-state index contributed by atoms with van der Waals surface area (Å²) >= 11 is 0. The zero-order chi connectivity index (χ0) is 33.1. The van der Waals surface area contributed by atoms with E-state index in [-0.39, 0.29) is 5.41 Å². The summed E-state index contributed by atoms with van der Waals surface area (Å²) in [6.07, 6.45) is 0. The van der Waals surface area contributed by atoms with Gasteiger partial charge in [0.1, 0.15) is 0 Å². The predicted octanol–water partition coefficient (Wildman–Crippen LogP) is 12.3. The van der Waals surface area contributed by atoms with Crippen LogP contribution in [0.4, 0.5) is 0 Å². The third kappa shape index (κ3) is 3.59. The molecule has 0 unspecified atom stereocenters. The van der Waals surface area contributed by atoms with Crippen molar-refractivity contribution in [2.45, 2.75) is 19.3 Å². The first-order valence-electron chi connectivity index (χ1n) is 17.5. The minimum absolute atomic E-state index is 0.112. The Morgan fingerprint density at radius 1 is 0.480 bits per heavy atom. The van der Waals surface area contributed by atoms with Crippen LogP contribution in [0.1, 0.15) is 25.0 Å². The molecule has 1 N–H and O–H groups in total. The topological polar surface area (TPSA) is 25.6 Å². The first-order valence-corrected chi connectivity index (χ1v) is 17.5. The molecule has 11 rings (SSSR count). The minimum Gasteiger partial charge on any atom is -0.353 e. The lowest BCUT2D eigenvalue weighted by Gasteiger charge is -2.21. The molecule has 0 spiro atoms.